The molecule has 1 aromatic heterocycles. The van der Waals surface area contributed by atoms with E-state index in [-0.39, 0.29) is 24.0 Å². The second kappa shape index (κ2) is 7.42. The molecule has 0 saturated heterocycles. The van der Waals surface area contributed by atoms with Crippen LogP contribution in [0.15, 0.2) is 36.4 Å². The molecule has 0 aliphatic heterocycles. The van der Waals surface area contributed by atoms with Crippen molar-refractivity contribution in [2.45, 2.75) is 13.3 Å². The summed E-state index contributed by atoms with van der Waals surface area (Å²) in [5.41, 5.74) is 8.33. The molecule has 0 spiro atoms. The minimum Gasteiger partial charge on any atom is -1.00 e. The Morgan fingerprint density at radius 2 is 1.90 bits per heavy atom. The molecule has 20 heavy (non-hydrogen) atoms. The normalized spacial score (nSPS) is 9.95. The summed E-state index contributed by atoms with van der Waals surface area (Å²) >= 11 is 0. The van der Waals surface area contributed by atoms with E-state index in [9.17, 15) is 0 Å². The Labute approximate surface area is 137 Å². The standard InChI is InChI=1S/C15H20N4.HI/c1-12-11-14(17-15(16)19(12)3)18(2)10-9-13-7-5-4-6-8-13;/h4-8,11,16H,9-10H2,1-3H3;1H. The first-order valence-corrected chi connectivity index (χ1v) is 6.46. The average molecular weight is 384 g/mol. The molecule has 5 heteroatoms. The van der Waals surface area contributed by atoms with Crippen molar-refractivity contribution < 1.29 is 28.5 Å². The third kappa shape index (κ3) is 4.06. The second-order valence-electron chi connectivity index (χ2n) is 4.83. The molecular formula is C15H21IN4. The van der Waals surface area contributed by atoms with E-state index < -0.39 is 0 Å². The summed E-state index contributed by atoms with van der Waals surface area (Å²) in [6.07, 6.45) is 0.999. The molecule has 0 atom stereocenters. The molecule has 0 radical (unpaired) electrons. The van der Waals surface area contributed by atoms with Gasteiger partial charge in [0.05, 0.1) is 12.7 Å². The van der Waals surface area contributed by atoms with E-state index in [1.807, 2.05) is 31.7 Å². The van der Waals surface area contributed by atoms with Crippen LogP contribution in [-0.2, 0) is 13.5 Å². The first kappa shape index (κ1) is 16.7. The van der Waals surface area contributed by atoms with Crippen LogP contribution in [0.2, 0.25) is 0 Å². The first-order valence-electron chi connectivity index (χ1n) is 6.46. The monoisotopic (exact) mass is 384 g/mol. The van der Waals surface area contributed by atoms with E-state index in [1.165, 1.54) is 5.56 Å². The second-order valence-corrected chi connectivity index (χ2v) is 4.83. The Bertz CT molecular complexity index is 534. The molecule has 0 aliphatic carbocycles. The lowest BCUT2D eigenvalue weighted by atomic mass is 10.1. The zero-order chi connectivity index (χ0) is 13.8. The number of hydrogen-bond acceptors (Lipinski definition) is 3. The Balaban J connectivity index is 0.00000200. The summed E-state index contributed by atoms with van der Waals surface area (Å²) in [6, 6.07) is 12.5. The Hall–Kier alpha value is -1.37. The average Bonchev–Trinajstić information content (AvgIpc) is 2.42. The first-order chi connectivity index (χ1) is 9.08. The summed E-state index contributed by atoms with van der Waals surface area (Å²) in [5, 5.41) is 0. The van der Waals surface area contributed by atoms with Gasteiger partial charge in [0.15, 0.2) is 0 Å². The zero-order valence-electron chi connectivity index (χ0n) is 12.2. The van der Waals surface area contributed by atoms with E-state index in [0.717, 1.165) is 24.5 Å². The largest absolute Gasteiger partial charge is 1.00 e. The third-order valence-electron chi connectivity index (χ3n) is 3.41. The van der Waals surface area contributed by atoms with Gasteiger partial charge in [0.25, 0.3) is 0 Å². The van der Waals surface area contributed by atoms with Crippen molar-refractivity contribution in [3.8, 4) is 0 Å². The van der Waals surface area contributed by atoms with Gasteiger partial charge < -0.3 is 28.9 Å². The van der Waals surface area contributed by atoms with E-state index in [2.05, 4.69) is 40.2 Å². The maximum Gasteiger partial charge on any atom is 0.391 e. The van der Waals surface area contributed by atoms with Crippen LogP contribution in [-0.4, -0.2) is 18.6 Å². The third-order valence-corrected chi connectivity index (χ3v) is 3.41. The summed E-state index contributed by atoms with van der Waals surface area (Å²) in [4.78, 5) is 6.55. The minimum atomic E-state index is 0. The highest BCUT2D eigenvalue weighted by atomic mass is 127. The highest BCUT2D eigenvalue weighted by Crippen LogP contribution is 2.11. The molecule has 0 saturated carbocycles. The van der Waals surface area contributed by atoms with E-state index >= 15 is 0 Å². The fraction of sp³-hybridized carbons (Fsp3) is 0.333. The van der Waals surface area contributed by atoms with Crippen molar-refractivity contribution in [3.05, 3.63) is 47.7 Å². The van der Waals surface area contributed by atoms with Gasteiger partial charge in [-0.2, -0.15) is 0 Å². The number of likely N-dealkylation sites (N-methyl/N-ethyl adjacent to an activating group) is 1. The Morgan fingerprint density at radius 3 is 2.50 bits per heavy atom. The highest BCUT2D eigenvalue weighted by molar-refractivity contribution is 5.40. The van der Waals surface area contributed by atoms with Crippen LogP contribution in [0, 0.1) is 6.92 Å². The molecule has 0 bridgehead atoms. The lowest BCUT2D eigenvalue weighted by Gasteiger charge is -2.16. The van der Waals surface area contributed by atoms with Gasteiger partial charge in [-0.05, 0) is 18.9 Å². The van der Waals surface area contributed by atoms with Gasteiger partial charge >= 0.3 is 5.95 Å². The van der Waals surface area contributed by atoms with Gasteiger partial charge in [0.2, 0.25) is 5.82 Å². The van der Waals surface area contributed by atoms with Crippen molar-refractivity contribution >= 4 is 11.8 Å². The highest BCUT2D eigenvalue weighted by Gasteiger charge is 2.13. The fourth-order valence-corrected chi connectivity index (χ4v) is 1.94. The SMILES string of the molecule is Cc1cc(N(C)CCc2ccccc2)nc(N)[n+]1C.[I-]. The fourth-order valence-electron chi connectivity index (χ4n) is 1.94. The summed E-state index contributed by atoms with van der Waals surface area (Å²) in [7, 11) is 3.97. The zero-order valence-corrected chi connectivity index (χ0v) is 14.3. The van der Waals surface area contributed by atoms with Gasteiger partial charge in [-0.1, -0.05) is 35.3 Å². The number of rotatable bonds is 4. The molecule has 0 fully saturated rings. The molecule has 1 aromatic carbocycles. The smallest absolute Gasteiger partial charge is 0.391 e. The molecule has 0 unspecified atom stereocenters. The molecule has 4 nitrogen and oxygen atoms in total. The van der Waals surface area contributed by atoms with Crippen molar-refractivity contribution in [1.82, 2.24) is 4.98 Å². The Kier molecular flexibility index (Phi) is 6.19. The topological polar surface area (TPSA) is 46.0 Å². The number of nitrogen functional groups attached to an aromatic ring is 1. The lowest BCUT2D eigenvalue weighted by molar-refractivity contribution is -0.665. The maximum absolute atomic E-state index is 5.89. The predicted octanol–water partition coefficient (Wildman–Crippen LogP) is -1.52. The molecule has 1 heterocycles. The van der Waals surface area contributed by atoms with Crippen LogP contribution in [0.5, 0.6) is 0 Å². The van der Waals surface area contributed by atoms with Gasteiger partial charge in [0, 0.05) is 19.7 Å². The van der Waals surface area contributed by atoms with E-state index in [1.54, 1.807) is 0 Å². The predicted molar refractivity (Wildman–Crippen MR) is 78.0 cm³/mol. The van der Waals surface area contributed by atoms with Crippen molar-refractivity contribution in [2.24, 2.45) is 7.05 Å². The van der Waals surface area contributed by atoms with Gasteiger partial charge in [-0.3, -0.25) is 5.73 Å². The molecule has 0 aliphatic rings. The van der Waals surface area contributed by atoms with Gasteiger partial charge in [-0.15, -0.1) is 0 Å². The molecular weight excluding hydrogens is 363 g/mol. The number of nitrogens with two attached hydrogens (primary N) is 1. The van der Waals surface area contributed by atoms with Crippen LogP contribution >= 0.6 is 0 Å². The van der Waals surface area contributed by atoms with E-state index in [4.69, 9.17) is 5.73 Å². The number of halogens is 1. The Morgan fingerprint density at radius 1 is 1.25 bits per heavy atom. The van der Waals surface area contributed by atoms with Crippen molar-refractivity contribution in [2.75, 3.05) is 24.2 Å². The van der Waals surface area contributed by atoms with Crippen molar-refractivity contribution in [3.63, 3.8) is 0 Å². The van der Waals surface area contributed by atoms with Crippen LogP contribution in [0.4, 0.5) is 11.8 Å². The number of aromatic nitrogens is 2. The quantitative estimate of drug-likeness (QED) is 0.515. The molecule has 108 valence electrons. The number of hydrogen-bond donors (Lipinski definition) is 1. The van der Waals surface area contributed by atoms with Crippen LogP contribution < -0.4 is 39.2 Å². The minimum absolute atomic E-state index is 0. The van der Waals surface area contributed by atoms with Crippen LogP contribution in [0.25, 0.3) is 0 Å². The number of benzene rings is 1. The van der Waals surface area contributed by atoms with Crippen molar-refractivity contribution in [1.29, 1.82) is 0 Å². The summed E-state index contributed by atoms with van der Waals surface area (Å²) in [6.45, 7) is 2.95. The maximum atomic E-state index is 5.89. The molecule has 2 rings (SSSR count). The molecule has 2 aromatic rings. The van der Waals surface area contributed by atoms with E-state index in [0.29, 0.717) is 5.95 Å². The van der Waals surface area contributed by atoms with Gasteiger partial charge in [0.1, 0.15) is 0 Å². The molecule has 2 N–H and O–H groups in total. The van der Waals surface area contributed by atoms with Crippen LogP contribution in [0.1, 0.15) is 11.3 Å². The number of nitrogens with zero attached hydrogens (tertiary/aromatic N) is 3. The summed E-state index contributed by atoms with van der Waals surface area (Å²) in [5.74, 6) is 1.46. The number of aryl methyl sites for hydroxylation is 1. The van der Waals surface area contributed by atoms with Crippen LogP contribution in [0.3, 0.4) is 0 Å². The number of anilines is 2. The molecule has 0 amide bonds. The lowest BCUT2D eigenvalue weighted by Crippen LogP contribution is -3.00. The summed E-state index contributed by atoms with van der Waals surface area (Å²) < 4.78 is 1.88. The van der Waals surface area contributed by atoms with Gasteiger partial charge in [-0.25, -0.2) is 4.57 Å².